The minimum atomic E-state index is -0.377. The molecule has 4 rings (SSSR count). The Morgan fingerprint density at radius 3 is 2.35 bits per heavy atom. The summed E-state index contributed by atoms with van der Waals surface area (Å²) >= 11 is 0. The lowest BCUT2D eigenvalue weighted by molar-refractivity contribution is -0.120. The summed E-state index contributed by atoms with van der Waals surface area (Å²) in [6.07, 6.45) is 1.14. The Kier molecular flexibility index (Phi) is 6.03. The van der Waals surface area contributed by atoms with Gasteiger partial charge in [0.1, 0.15) is 0 Å². The molecule has 1 aliphatic heterocycles. The SMILES string of the molecule is CC(=O)NC(CC(=O)Nc1ccccc1N1CCc2ccccc21)c1ccc(C)cc1. The molecule has 31 heavy (non-hydrogen) atoms. The molecule has 0 spiro atoms. The second-order valence-electron chi connectivity index (χ2n) is 7.96. The highest BCUT2D eigenvalue weighted by Gasteiger charge is 2.23. The number of hydrogen-bond acceptors (Lipinski definition) is 3. The van der Waals surface area contributed by atoms with Crippen LogP contribution in [-0.4, -0.2) is 18.4 Å². The highest BCUT2D eigenvalue weighted by molar-refractivity contribution is 5.96. The second-order valence-corrected chi connectivity index (χ2v) is 7.96. The van der Waals surface area contributed by atoms with Crippen molar-refractivity contribution in [2.45, 2.75) is 32.7 Å². The molecule has 0 saturated carbocycles. The molecule has 2 amide bonds. The van der Waals surface area contributed by atoms with Gasteiger partial charge in [-0.1, -0.05) is 60.2 Å². The van der Waals surface area contributed by atoms with Gasteiger partial charge in [-0.3, -0.25) is 9.59 Å². The van der Waals surface area contributed by atoms with E-state index in [0.717, 1.165) is 35.5 Å². The summed E-state index contributed by atoms with van der Waals surface area (Å²) in [5.41, 5.74) is 6.29. The Hall–Kier alpha value is -3.60. The molecule has 3 aromatic carbocycles. The van der Waals surface area contributed by atoms with Crippen molar-refractivity contribution in [1.29, 1.82) is 0 Å². The van der Waals surface area contributed by atoms with E-state index in [9.17, 15) is 9.59 Å². The van der Waals surface area contributed by atoms with Gasteiger partial charge in [0.15, 0.2) is 0 Å². The maximum atomic E-state index is 13.0. The number of fused-ring (bicyclic) bond motifs is 1. The lowest BCUT2D eigenvalue weighted by atomic mass is 10.0. The van der Waals surface area contributed by atoms with Crippen LogP contribution in [0.3, 0.4) is 0 Å². The molecular weight excluding hydrogens is 386 g/mol. The van der Waals surface area contributed by atoms with E-state index in [2.05, 4.69) is 33.7 Å². The van der Waals surface area contributed by atoms with E-state index in [1.807, 2.05) is 61.5 Å². The van der Waals surface area contributed by atoms with Gasteiger partial charge in [-0.15, -0.1) is 0 Å². The van der Waals surface area contributed by atoms with Gasteiger partial charge >= 0.3 is 0 Å². The molecule has 2 N–H and O–H groups in total. The third-order valence-electron chi connectivity index (χ3n) is 5.60. The second kappa shape index (κ2) is 9.04. The molecule has 0 fully saturated rings. The predicted molar refractivity (Wildman–Crippen MR) is 125 cm³/mol. The number of amides is 2. The Morgan fingerprint density at radius 2 is 1.61 bits per heavy atom. The summed E-state index contributed by atoms with van der Waals surface area (Å²) < 4.78 is 0. The van der Waals surface area contributed by atoms with Crippen LogP contribution in [0.2, 0.25) is 0 Å². The van der Waals surface area contributed by atoms with Gasteiger partial charge in [-0.25, -0.2) is 0 Å². The van der Waals surface area contributed by atoms with Gasteiger partial charge in [0.05, 0.1) is 23.8 Å². The normalized spacial score (nSPS) is 13.4. The number of benzene rings is 3. The average Bonchev–Trinajstić information content (AvgIpc) is 3.18. The summed E-state index contributed by atoms with van der Waals surface area (Å²) in [7, 11) is 0. The highest BCUT2D eigenvalue weighted by Crippen LogP contribution is 2.38. The summed E-state index contributed by atoms with van der Waals surface area (Å²) in [5, 5.41) is 5.98. The minimum absolute atomic E-state index is 0.140. The lowest BCUT2D eigenvalue weighted by Gasteiger charge is -2.24. The first-order valence-electron chi connectivity index (χ1n) is 10.6. The standard InChI is InChI=1S/C26H27N3O2/c1-18-11-13-20(14-12-18)23(27-19(2)30)17-26(31)28-22-8-4-6-10-25(22)29-16-15-21-7-3-5-9-24(21)29/h3-14,23H,15-17H2,1-2H3,(H,27,30)(H,28,31). The van der Waals surface area contributed by atoms with Gasteiger partial charge < -0.3 is 15.5 Å². The van der Waals surface area contributed by atoms with Crippen LogP contribution in [0.25, 0.3) is 0 Å². The van der Waals surface area contributed by atoms with Crippen LogP contribution >= 0.6 is 0 Å². The van der Waals surface area contributed by atoms with Crippen molar-refractivity contribution in [2.75, 3.05) is 16.8 Å². The molecule has 1 aliphatic rings. The van der Waals surface area contributed by atoms with Crippen LogP contribution in [0.15, 0.2) is 72.8 Å². The molecule has 0 aromatic heterocycles. The maximum absolute atomic E-state index is 13.0. The van der Waals surface area contributed by atoms with Crippen molar-refractivity contribution >= 4 is 28.9 Å². The third kappa shape index (κ3) is 4.77. The zero-order valence-corrected chi connectivity index (χ0v) is 17.9. The Bertz CT molecular complexity index is 1090. The molecular formula is C26H27N3O2. The van der Waals surface area contributed by atoms with E-state index in [1.54, 1.807) is 0 Å². The van der Waals surface area contributed by atoms with Crippen LogP contribution in [0.4, 0.5) is 17.1 Å². The van der Waals surface area contributed by atoms with E-state index in [0.29, 0.717) is 0 Å². The van der Waals surface area contributed by atoms with E-state index < -0.39 is 0 Å². The number of nitrogens with zero attached hydrogens (tertiary/aromatic N) is 1. The van der Waals surface area contributed by atoms with Crippen LogP contribution < -0.4 is 15.5 Å². The summed E-state index contributed by atoms with van der Waals surface area (Å²) in [6.45, 7) is 4.36. The number of para-hydroxylation sites is 3. The topological polar surface area (TPSA) is 61.4 Å². The van der Waals surface area contributed by atoms with Crippen LogP contribution in [0.1, 0.15) is 36.1 Å². The zero-order chi connectivity index (χ0) is 21.8. The van der Waals surface area contributed by atoms with Crippen molar-refractivity contribution in [3.63, 3.8) is 0 Å². The number of nitrogens with one attached hydrogen (secondary N) is 2. The monoisotopic (exact) mass is 413 g/mol. The maximum Gasteiger partial charge on any atom is 0.226 e. The summed E-state index contributed by atoms with van der Waals surface area (Å²) in [5.74, 6) is -0.299. The fraction of sp³-hybridized carbons (Fsp3) is 0.231. The Morgan fingerprint density at radius 1 is 0.935 bits per heavy atom. The predicted octanol–water partition coefficient (Wildman–Crippen LogP) is 4.90. The molecule has 5 nitrogen and oxygen atoms in total. The Balaban J connectivity index is 1.53. The zero-order valence-electron chi connectivity index (χ0n) is 17.9. The number of aryl methyl sites for hydroxylation is 1. The van der Waals surface area contributed by atoms with Gasteiger partial charge in [-0.05, 0) is 42.7 Å². The van der Waals surface area contributed by atoms with E-state index in [1.165, 1.54) is 18.2 Å². The first-order valence-corrected chi connectivity index (χ1v) is 10.6. The van der Waals surface area contributed by atoms with Crippen molar-refractivity contribution in [2.24, 2.45) is 0 Å². The van der Waals surface area contributed by atoms with Crippen molar-refractivity contribution in [1.82, 2.24) is 5.32 Å². The Labute approximate surface area is 183 Å². The number of carbonyl (C=O) groups excluding carboxylic acids is 2. The molecule has 0 aliphatic carbocycles. The fourth-order valence-corrected chi connectivity index (χ4v) is 4.09. The molecule has 1 unspecified atom stereocenters. The molecule has 0 saturated heterocycles. The van der Waals surface area contributed by atoms with E-state index in [4.69, 9.17) is 0 Å². The molecule has 5 heteroatoms. The molecule has 158 valence electrons. The minimum Gasteiger partial charge on any atom is -0.349 e. The van der Waals surface area contributed by atoms with Gasteiger partial charge in [-0.2, -0.15) is 0 Å². The number of carbonyl (C=O) groups is 2. The van der Waals surface area contributed by atoms with Crippen molar-refractivity contribution < 1.29 is 9.59 Å². The highest BCUT2D eigenvalue weighted by atomic mass is 16.2. The number of anilines is 3. The van der Waals surface area contributed by atoms with E-state index >= 15 is 0 Å². The van der Waals surface area contributed by atoms with Gasteiger partial charge in [0, 0.05) is 19.2 Å². The quantitative estimate of drug-likeness (QED) is 0.605. The van der Waals surface area contributed by atoms with E-state index in [-0.39, 0.29) is 24.3 Å². The molecule has 3 aromatic rings. The number of hydrogen-bond donors (Lipinski definition) is 2. The van der Waals surface area contributed by atoms with Crippen LogP contribution in [0.5, 0.6) is 0 Å². The van der Waals surface area contributed by atoms with Crippen LogP contribution in [0, 0.1) is 6.92 Å². The van der Waals surface area contributed by atoms with Gasteiger partial charge in [0.25, 0.3) is 0 Å². The first-order chi connectivity index (χ1) is 15.0. The largest absolute Gasteiger partial charge is 0.349 e. The smallest absolute Gasteiger partial charge is 0.226 e. The summed E-state index contributed by atoms with van der Waals surface area (Å²) in [4.78, 5) is 27.0. The van der Waals surface area contributed by atoms with Gasteiger partial charge in [0.2, 0.25) is 11.8 Å². The fourth-order valence-electron chi connectivity index (χ4n) is 4.09. The van der Waals surface area contributed by atoms with Crippen LogP contribution in [-0.2, 0) is 16.0 Å². The van der Waals surface area contributed by atoms with Crippen molar-refractivity contribution in [3.05, 3.63) is 89.5 Å². The molecule has 0 radical (unpaired) electrons. The summed E-state index contributed by atoms with van der Waals surface area (Å²) in [6, 6.07) is 23.7. The lowest BCUT2D eigenvalue weighted by Crippen LogP contribution is -2.30. The average molecular weight is 414 g/mol. The molecule has 0 bridgehead atoms. The molecule has 1 heterocycles. The number of rotatable bonds is 6. The van der Waals surface area contributed by atoms with Crippen molar-refractivity contribution in [3.8, 4) is 0 Å². The first kappa shape index (κ1) is 20.7. The third-order valence-corrected chi connectivity index (χ3v) is 5.60. The molecule has 1 atom stereocenters.